The van der Waals surface area contributed by atoms with Gasteiger partial charge in [-0.05, 0) is 131 Å². The molecule has 1 N–H and O–H groups in total. The molecule has 0 bridgehead atoms. The first-order chi connectivity index (χ1) is 24.6. The van der Waals surface area contributed by atoms with Crippen molar-refractivity contribution < 1.29 is 41.7 Å². The summed E-state index contributed by atoms with van der Waals surface area (Å²) in [6.45, 7) is 8.02. The van der Waals surface area contributed by atoms with Crippen LogP contribution < -0.4 is 9.47 Å². The van der Waals surface area contributed by atoms with E-state index in [4.69, 9.17) is 14.2 Å². The SMILES string of the molecule is C.C.COC(=O)c1cc(C2=CCCC2(C)C)c(-c2cc(OC)ccc2F)cc1F.COc1ccc(F)c(-c2cc(F)c(CO)cc2C2=CCCC2(C)C)c1. The fraction of sp³-hybridized carbons (Fsp3) is 0.356. The summed E-state index contributed by atoms with van der Waals surface area (Å²) in [4.78, 5) is 12.0. The van der Waals surface area contributed by atoms with Crippen LogP contribution in [0.4, 0.5) is 17.6 Å². The minimum atomic E-state index is -0.761. The van der Waals surface area contributed by atoms with E-state index in [1.54, 1.807) is 12.1 Å². The average Bonchev–Trinajstić information content (AvgIpc) is 3.67. The molecule has 0 amide bonds. The lowest BCUT2D eigenvalue weighted by Gasteiger charge is -2.25. The van der Waals surface area contributed by atoms with Crippen LogP contribution in [0.3, 0.4) is 0 Å². The van der Waals surface area contributed by atoms with E-state index in [1.165, 1.54) is 69.9 Å². The molecule has 0 heterocycles. The number of rotatable bonds is 8. The van der Waals surface area contributed by atoms with E-state index in [1.807, 2.05) is 0 Å². The maximum absolute atomic E-state index is 14.7. The van der Waals surface area contributed by atoms with Crippen LogP contribution in [0.5, 0.6) is 11.5 Å². The lowest BCUT2D eigenvalue weighted by molar-refractivity contribution is 0.0595. The minimum absolute atomic E-state index is 0. The summed E-state index contributed by atoms with van der Waals surface area (Å²) in [6.07, 6.45) is 7.88. The number of allylic oxidation sites excluding steroid dienone is 4. The van der Waals surface area contributed by atoms with E-state index in [-0.39, 0.29) is 42.4 Å². The van der Waals surface area contributed by atoms with Crippen molar-refractivity contribution in [2.45, 2.75) is 74.8 Å². The van der Waals surface area contributed by atoms with Gasteiger partial charge in [0.25, 0.3) is 0 Å². The Morgan fingerprint density at radius 2 is 1.06 bits per heavy atom. The first-order valence-corrected chi connectivity index (χ1v) is 17.1. The number of methoxy groups -OCH3 is 3. The van der Waals surface area contributed by atoms with Crippen LogP contribution in [-0.2, 0) is 11.3 Å². The molecule has 0 radical (unpaired) electrons. The second-order valence-electron chi connectivity index (χ2n) is 14.3. The Morgan fingerprint density at radius 1 is 0.611 bits per heavy atom. The molecule has 0 aliphatic heterocycles. The normalized spacial score (nSPS) is 15.1. The van der Waals surface area contributed by atoms with Gasteiger partial charge in [-0.15, -0.1) is 0 Å². The van der Waals surface area contributed by atoms with Gasteiger partial charge in [-0.1, -0.05) is 54.7 Å². The number of hydrogen-bond donors (Lipinski definition) is 1. The predicted molar refractivity (Wildman–Crippen MR) is 209 cm³/mol. The van der Waals surface area contributed by atoms with Crippen molar-refractivity contribution in [3.8, 4) is 33.8 Å². The summed E-state index contributed by atoms with van der Waals surface area (Å²) in [5.41, 5.74) is 4.59. The third-order valence-electron chi connectivity index (χ3n) is 10.1. The minimum Gasteiger partial charge on any atom is -0.497 e. The number of aliphatic hydroxyl groups is 1. The molecule has 4 aromatic carbocycles. The van der Waals surface area contributed by atoms with Crippen molar-refractivity contribution >= 4 is 17.1 Å². The number of hydrogen-bond acceptors (Lipinski definition) is 5. The van der Waals surface area contributed by atoms with Crippen LogP contribution in [0, 0.1) is 34.1 Å². The summed E-state index contributed by atoms with van der Waals surface area (Å²) >= 11 is 0. The second kappa shape index (κ2) is 17.5. The zero-order valence-electron chi connectivity index (χ0n) is 30.6. The lowest BCUT2D eigenvalue weighted by Crippen LogP contribution is -2.12. The third kappa shape index (κ3) is 8.73. The molecule has 2 aliphatic carbocycles. The van der Waals surface area contributed by atoms with Crippen molar-refractivity contribution in [1.29, 1.82) is 0 Å². The summed E-state index contributed by atoms with van der Waals surface area (Å²) in [5, 5.41) is 9.46. The molecule has 0 aromatic heterocycles. The average molecular weight is 749 g/mol. The molecule has 290 valence electrons. The molecule has 0 spiro atoms. The van der Waals surface area contributed by atoms with E-state index in [9.17, 15) is 27.5 Å². The molecule has 0 saturated heterocycles. The first-order valence-electron chi connectivity index (χ1n) is 17.1. The zero-order valence-corrected chi connectivity index (χ0v) is 30.6. The largest absolute Gasteiger partial charge is 0.497 e. The maximum atomic E-state index is 14.7. The number of aliphatic hydroxyl groups excluding tert-OH is 1. The van der Waals surface area contributed by atoms with Crippen molar-refractivity contribution in [3.63, 3.8) is 0 Å². The third-order valence-corrected chi connectivity index (χ3v) is 10.1. The molecule has 0 atom stereocenters. The van der Waals surface area contributed by atoms with Crippen molar-refractivity contribution in [1.82, 2.24) is 0 Å². The van der Waals surface area contributed by atoms with Crippen molar-refractivity contribution in [2.75, 3.05) is 21.3 Å². The van der Waals surface area contributed by atoms with Gasteiger partial charge in [0.2, 0.25) is 0 Å². The van der Waals surface area contributed by atoms with Gasteiger partial charge >= 0.3 is 5.97 Å². The van der Waals surface area contributed by atoms with Crippen molar-refractivity contribution in [3.05, 3.63) is 118 Å². The highest BCUT2D eigenvalue weighted by Gasteiger charge is 2.33. The van der Waals surface area contributed by atoms with E-state index < -0.39 is 35.8 Å². The van der Waals surface area contributed by atoms with Crippen LogP contribution in [0.15, 0.2) is 72.8 Å². The highest BCUT2D eigenvalue weighted by atomic mass is 19.1. The molecule has 0 unspecified atom stereocenters. The smallest absolute Gasteiger partial charge is 0.340 e. The Kier molecular flexibility index (Phi) is 14.1. The molecule has 6 rings (SSSR count). The topological polar surface area (TPSA) is 65.0 Å². The van der Waals surface area contributed by atoms with Crippen LogP contribution in [0.25, 0.3) is 33.4 Å². The zero-order chi connectivity index (χ0) is 38.0. The monoisotopic (exact) mass is 748 g/mol. The number of halogens is 4. The van der Waals surface area contributed by atoms with Crippen LogP contribution in [0.2, 0.25) is 0 Å². The van der Waals surface area contributed by atoms with Crippen LogP contribution in [-0.4, -0.2) is 32.4 Å². The van der Waals surface area contributed by atoms with Gasteiger partial charge in [-0.3, -0.25) is 0 Å². The fourth-order valence-corrected chi connectivity index (χ4v) is 7.07. The number of carbonyl (C=O) groups is 1. The Labute approximate surface area is 317 Å². The first kappa shape index (κ1) is 43.5. The fourth-order valence-electron chi connectivity index (χ4n) is 7.07. The number of carbonyl (C=O) groups excluding carboxylic acids is 1. The quantitative estimate of drug-likeness (QED) is 0.144. The van der Waals surface area contributed by atoms with E-state index in [0.29, 0.717) is 33.8 Å². The van der Waals surface area contributed by atoms with Crippen LogP contribution in [0.1, 0.15) is 95.3 Å². The maximum Gasteiger partial charge on any atom is 0.340 e. The summed E-state index contributed by atoms with van der Waals surface area (Å²) < 4.78 is 73.3. The van der Waals surface area contributed by atoms with Crippen LogP contribution >= 0.6 is 0 Å². The van der Waals surface area contributed by atoms with E-state index in [0.717, 1.165) is 42.4 Å². The Morgan fingerprint density at radius 3 is 1.44 bits per heavy atom. The summed E-state index contributed by atoms with van der Waals surface area (Å²) in [7, 11) is 4.20. The molecule has 9 heteroatoms. The van der Waals surface area contributed by atoms with Crippen molar-refractivity contribution in [2.24, 2.45) is 10.8 Å². The number of ether oxygens (including phenoxy) is 3. The molecule has 2 aliphatic rings. The highest BCUT2D eigenvalue weighted by Crippen LogP contribution is 2.49. The Balaban J connectivity index is 0.000000281. The van der Waals surface area contributed by atoms with Gasteiger partial charge in [-0.2, -0.15) is 0 Å². The Hall–Kier alpha value is -4.89. The molecule has 54 heavy (non-hydrogen) atoms. The summed E-state index contributed by atoms with van der Waals surface area (Å²) in [6, 6.07) is 14.4. The number of benzene rings is 4. The predicted octanol–water partition coefficient (Wildman–Crippen LogP) is 12.2. The Bertz CT molecular complexity index is 2060. The molecule has 0 fully saturated rings. The molecular formula is C45H52F4O5. The molecule has 0 saturated carbocycles. The lowest BCUT2D eigenvalue weighted by atomic mass is 9.79. The standard InChI is InChI=1S/C22H22F2O3.C21H22F2O2.2CH4/c1-22(2)9-5-6-18(22)15-11-17(21(25)27-4)20(24)12-14(15)16-10-13(26-3)7-8-19(16)23;1-21(2)8-4-5-18(21)16-9-13(12-24)20(23)11-15(16)17-10-14(25-3)6-7-19(17)22;;/h6-8,10-12H,5,9H2,1-4H3;5-7,9-11,24H,4,8,12H2,1-3H3;2*1H4. The van der Waals surface area contributed by atoms with Gasteiger partial charge in [0.1, 0.15) is 34.8 Å². The van der Waals surface area contributed by atoms with E-state index >= 15 is 0 Å². The summed E-state index contributed by atoms with van der Waals surface area (Å²) in [5.74, 6) is -2.00. The number of esters is 1. The van der Waals surface area contributed by atoms with Gasteiger partial charge in [-0.25, -0.2) is 22.4 Å². The highest BCUT2D eigenvalue weighted by molar-refractivity contribution is 5.94. The molecule has 5 nitrogen and oxygen atoms in total. The second-order valence-corrected chi connectivity index (χ2v) is 14.3. The van der Waals surface area contributed by atoms with E-state index in [2.05, 4.69) is 39.8 Å². The molecular weight excluding hydrogens is 696 g/mol. The van der Waals surface area contributed by atoms with Gasteiger partial charge in [0, 0.05) is 16.7 Å². The van der Waals surface area contributed by atoms with Gasteiger partial charge in [0.15, 0.2) is 0 Å². The molecule has 4 aromatic rings. The van der Waals surface area contributed by atoms with Gasteiger partial charge < -0.3 is 19.3 Å². The van der Waals surface area contributed by atoms with Gasteiger partial charge in [0.05, 0.1) is 33.5 Å².